The Kier molecular flexibility index (Phi) is 6.01. The first-order valence-electron chi connectivity index (χ1n) is 10.3. The zero-order valence-corrected chi connectivity index (χ0v) is 18.3. The molecular formula is C25H25NO6. The van der Waals surface area contributed by atoms with E-state index in [9.17, 15) is 9.59 Å². The van der Waals surface area contributed by atoms with E-state index in [0.717, 1.165) is 11.1 Å². The Morgan fingerprint density at radius 3 is 2.66 bits per heavy atom. The minimum Gasteiger partial charge on any atom is -0.493 e. The number of carbonyl (C=O) groups is 1. The van der Waals surface area contributed by atoms with E-state index in [-0.39, 0.29) is 17.1 Å². The normalized spacial score (nSPS) is 15.2. The third-order valence-electron chi connectivity index (χ3n) is 5.52. The fourth-order valence-corrected chi connectivity index (χ4v) is 4.02. The van der Waals surface area contributed by atoms with E-state index in [2.05, 4.69) is 6.58 Å². The molecule has 166 valence electrons. The van der Waals surface area contributed by atoms with Gasteiger partial charge in [-0.25, -0.2) is 0 Å². The third kappa shape index (κ3) is 3.65. The van der Waals surface area contributed by atoms with Crippen molar-refractivity contribution in [1.82, 2.24) is 4.90 Å². The van der Waals surface area contributed by atoms with E-state index < -0.39 is 6.04 Å². The number of rotatable bonds is 8. The van der Waals surface area contributed by atoms with E-state index in [1.54, 1.807) is 49.5 Å². The summed E-state index contributed by atoms with van der Waals surface area (Å²) in [6.45, 7) is 6.52. The van der Waals surface area contributed by atoms with E-state index in [1.165, 1.54) is 0 Å². The maximum absolute atomic E-state index is 13.5. The summed E-state index contributed by atoms with van der Waals surface area (Å²) in [5.74, 6) is 0.772. The second-order valence-corrected chi connectivity index (χ2v) is 7.58. The van der Waals surface area contributed by atoms with Crippen molar-refractivity contribution in [3.8, 4) is 11.5 Å². The minimum absolute atomic E-state index is 0.0680. The smallest absolute Gasteiger partial charge is 0.290 e. The van der Waals surface area contributed by atoms with Gasteiger partial charge in [0.15, 0.2) is 16.9 Å². The molecule has 0 fully saturated rings. The molecule has 7 nitrogen and oxygen atoms in total. The molecule has 1 amide bonds. The molecule has 0 aliphatic carbocycles. The van der Waals surface area contributed by atoms with Gasteiger partial charge in [0.1, 0.15) is 12.2 Å². The molecular weight excluding hydrogens is 410 g/mol. The summed E-state index contributed by atoms with van der Waals surface area (Å²) >= 11 is 0. The standard InChI is InChI=1S/C25H25NO6/c1-5-11-31-19-9-7-16(14-20(19)30-4)22-21-23(27)17-13-15(2)6-8-18(17)32-24(21)25(28)26(22)10-12-29-3/h5-9,13-14,22H,1,10-12H2,2-4H3/t22-/m1/s1. The van der Waals surface area contributed by atoms with Gasteiger partial charge < -0.3 is 23.5 Å². The van der Waals surface area contributed by atoms with Gasteiger partial charge in [0.2, 0.25) is 5.76 Å². The van der Waals surface area contributed by atoms with Crippen LogP contribution in [0.15, 0.2) is 58.3 Å². The predicted octanol–water partition coefficient (Wildman–Crippen LogP) is 3.87. The number of nitrogens with zero attached hydrogens (tertiary/aromatic N) is 1. The van der Waals surface area contributed by atoms with Crippen molar-refractivity contribution in [2.24, 2.45) is 0 Å². The fraction of sp³-hybridized carbons (Fsp3) is 0.280. The summed E-state index contributed by atoms with van der Waals surface area (Å²) in [5.41, 5.74) is 2.16. The van der Waals surface area contributed by atoms with Gasteiger partial charge in [-0.3, -0.25) is 9.59 Å². The van der Waals surface area contributed by atoms with Crippen LogP contribution in [0.25, 0.3) is 11.0 Å². The summed E-state index contributed by atoms with van der Waals surface area (Å²) in [4.78, 5) is 28.4. The number of benzene rings is 2. The summed E-state index contributed by atoms with van der Waals surface area (Å²) in [6, 6.07) is 10.1. The van der Waals surface area contributed by atoms with Gasteiger partial charge >= 0.3 is 0 Å². The van der Waals surface area contributed by atoms with Gasteiger partial charge in [0, 0.05) is 13.7 Å². The summed E-state index contributed by atoms with van der Waals surface area (Å²) < 4.78 is 22.3. The third-order valence-corrected chi connectivity index (χ3v) is 5.52. The lowest BCUT2D eigenvalue weighted by Gasteiger charge is -2.25. The molecule has 7 heteroatoms. The van der Waals surface area contributed by atoms with Crippen LogP contribution in [-0.2, 0) is 4.74 Å². The molecule has 2 aromatic carbocycles. The highest BCUT2D eigenvalue weighted by Gasteiger charge is 2.42. The Labute approximate surface area is 185 Å². The number of hydrogen-bond acceptors (Lipinski definition) is 6. The fourth-order valence-electron chi connectivity index (χ4n) is 4.02. The first kappa shape index (κ1) is 21.6. The molecule has 1 aliphatic rings. The van der Waals surface area contributed by atoms with Crippen LogP contribution in [-0.4, -0.2) is 44.8 Å². The van der Waals surface area contributed by atoms with Gasteiger partial charge in [0.25, 0.3) is 5.91 Å². The van der Waals surface area contributed by atoms with E-state index in [0.29, 0.717) is 47.8 Å². The zero-order chi connectivity index (χ0) is 22.8. The highest BCUT2D eigenvalue weighted by molar-refractivity contribution is 5.99. The average Bonchev–Trinajstić information content (AvgIpc) is 3.08. The van der Waals surface area contributed by atoms with Crippen molar-refractivity contribution in [3.63, 3.8) is 0 Å². The first-order chi connectivity index (χ1) is 15.5. The number of hydrogen-bond donors (Lipinski definition) is 0. The Balaban J connectivity index is 1.91. The molecule has 0 spiro atoms. The zero-order valence-electron chi connectivity index (χ0n) is 18.3. The van der Waals surface area contributed by atoms with Crippen LogP contribution in [0.3, 0.4) is 0 Å². The molecule has 0 bridgehead atoms. The van der Waals surface area contributed by atoms with Crippen LogP contribution in [0.5, 0.6) is 11.5 Å². The molecule has 1 aliphatic heterocycles. The molecule has 32 heavy (non-hydrogen) atoms. The SMILES string of the molecule is C=CCOc1ccc([C@@H]2c3c(oc4ccc(C)cc4c3=O)C(=O)N2CCOC)cc1OC. The monoisotopic (exact) mass is 435 g/mol. The second-order valence-electron chi connectivity index (χ2n) is 7.58. The number of fused-ring (bicyclic) bond motifs is 2. The van der Waals surface area contributed by atoms with Crippen molar-refractivity contribution >= 4 is 16.9 Å². The van der Waals surface area contributed by atoms with Gasteiger partial charge in [-0.2, -0.15) is 0 Å². The van der Waals surface area contributed by atoms with Crippen molar-refractivity contribution in [3.05, 3.63) is 81.7 Å². The highest BCUT2D eigenvalue weighted by atomic mass is 16.5. The summed E-state index contributed by atoms with van der Waals surface area (Å²) in [5, 5.41) is 0.452. The Hall–Kier alpha value is -3.58. The number of methoxy groups -OCH3 is 2. The topological polar surface area (TPSA) is 78.2 Å². The highest BCUT2D eigenvalue weighted by Crippen LogP contribution is 2.40. The van der Waals surface area contributed by atoms with E-state index in [4.69, 9.17) is 18.6 Å². The largest absolute Gasteiger partial charge is 0.493 e. The molecule has 1 atom stereocenters. The lowest BCUT2D eigenvalue weighted by molar-refractivity contribution is 0.0663. The number of aryl methyl sites for hydroxylation is 1. The molecule has 3 aromatic rings. The Morgan fingerprint density at radius 1 is 1.12 bits per heavy atom. The molecule has 0 N–H and O–H groups in total. The molecule has 1 aromatic heterocycles. The molecule has 0 saturated heterocycles. The van der Waals surface area contributed by atoms with E-state index in [1.807, 2.05) is 19.1 Å². The van der Waals surface area contributed by atoms with Crippen LogP contribution < -0.4 is 14.9 Å². The second kappa shape index (κ2) is 8.88. The molecule has 0 radical (unpaired) electrons. The average molecular weight is 435 g/mol. The quantitative estimate of drug-likeness (QED) is 0.500. The van der Waals surface area contributed by atoms with Crippen LogP contribution in [0, 0.1) is 6.92 Å². The Morgan fingerprint density at radius 2 is 1.94 bits per heavy atom. The van der Waals surface area contributed by atoms with Crippen LogP contribution in [0.4, 0.5) is 0 Å². The van der Waals surface area contributed by atoms with Crippen molar-refractivity contribution in [2.75, 3.05) is 34.0 Å². The number of amides is 1. The van der Waals surface area contributed by atoms with Gasteiger partial charge in [-0.15, -0.1) is 0 Å². The van der Waals surface area contributed by atoms with Gasteiger partial charge in [0.05, 0.1) is 30.7 Å². The van der Waals surface area contributed by atoms with E-state index >= 15 is 0 Å². The minimum atomic E-state index is -0.629. The van der Waals surface area contributed by atoms with Crippen molar-refractivity contribution < 1.29 is 23.4 Å². The maximum atomic E-state index is 13.5. The van der Waals surface area contributed by atoms with Crippen molar-refractivity contribution in [2.45, 2.75) is 13.0 Å². The maximum Gasteiger partial charge on any atom is 0.290 e. The van der Waals surface area contributed by atoms with Crippen LogP contribution in [0.2, 0.25) is 0 Å². The Bertz CT molecular complexity index is 1250. The first-order valence-corrected chi connectivity index (χ1v) is 10.3. The molecule has 0 unspecified atom stereocenters. The lowest BCUT2D eigenvalue weighted by Crippen LogP contribution is -2.32. The van der Waals surface area contributed by atoms with Crippen LogP contribution in [0.1, 0.15) is 33.3 Å². The number of carbonyl (C=O) groups excluding carboxylic acids is 1. The lowest BCUT2D eigenvalue weighted by atomic mass is 9.97. The molecule has 2 heterocycles. The molecule has 0 saturated carbocycles. The summed E-state index contributed by atoms with van der Waals surface area (Å²) in [7, 11) is 3.11. The van der Waals surface area contributed by atoms with Crippen molar-refractivity contribution in [1.29, 1.82) is 0 Å². The molecule has 4 rings (SSSR count). The van der Waals surface area contributed by atoms with Gasteiger partial charge in [-0.05, 0) is 36.8 Å². The van der Waals surface area contributed by atoms with Crippen LogP contribution >= 0.6 is 0 Å². The summed E-state index contributed by atoms with van der Waals surface area (Å²) in [6.07, 6.45) is 1.64. The number of ether oxygens (including phenoxy) is 3. The predicted molar refractivity (Wildman–Crippen MR) is 121 cm³/mol. The van der Waals surface area contributed by atoms with Gasteiger partial charge in [-0.1, -0.05) is 30.4 Å².